The summed E-state index contributed by atoms with van der Waals surface area (Å²) in [6.45, 7) is 5.60. The third-order valence-electron chi connectivity index (χ3n) is 5.86. The quantitative estimate of drug-likeness (QED) is 0.367. The third kappa shape index (κ3) is 6.65. The number of benzene rings is 3. The maximum atomic E-state index is 13.2. The van der Waals surface area contributed by atoms with Crippen molar-refractivity contribution in [3.05, 3.63) is 76.3 Å². The van der Waals surface area contributed by atoms with Crippen molar-refractivity contribution in [3.8, 4) is 5.75 Å². The molecule has 0 fully saturated rings. The maximum Gasteiger partial charge on any atom is 0.264 e. The highest BCUT2D eigenvalue weighted by atomic mass is 35.5. The van der Waals surface area contributed by atoms with Gasteiger partial charge in [-0.25, -0.2) is 21.6 Å². The largest absolute Gasteiger partial charge is 0.495 e. The fraction of sp³-hybridized carbons (Fsp3) is 0.269. The molecule has 0 spiro atoms. The number of hydrogen-bond acceptors (Lipinski definition) is 6. The van der Waals surface area contributed by atoms with E-state index >= 15 is 0 Å². The number of amides is 1. The molecule has 204 valence electrons. The van der Waals surface area contributed by atoms with E-state index in [-0.39, 0.29) is 40.1 Å². The van der Waals surface area contributed by atoms with E-state index in [0.717, 1.165) is 21.0 Å². The lowest BCUT2D eigenvalue weighted by molar-refractivity contribution is -0.116. The topological polar surface area (TPSA) is 122 Å². The minimum absolute atomic E-state index is 0.0217. The molecule has 3 aromatic rings. The molecule has 0 aliphatic heterocycles. The summed E-state index contributed by atoms with van der Waals surface area (Å²) in [6.07, 6.45) is -0.0974. The third-order valence-corrected chi connectivity index (χ3v) is 9.35. The summed E-state index contributed by atoms with van der Waals surface area (Å²) >= 11 is 5.87. The van der Waals surface area contributed by atoms with Gasteiger partial charge in [-0.15, -0.1) is 0 Å². The van der Waals surface area contributed by atoms with Gasteiger partial charge in [-0.2, -0.15) is 0 Å². The summed E-state index contributed by atoms with van der Waals surface area (Å²) in [7, 11) is -5.47. The average molecular weight is 580 g/mol. The van der Waals surface area contributed by atoms with Crippen LogP contribution >= 0.6 is 11.6 Å². The van der Waals surface area contributed by atoms with Gasteiger partial charge in [0, 0.05) is 30.7 Å². The van der Waals surface area contributed by atoms with Crippen LogP contribution in [-0.4, -0.2) is 43.4 Å². The highest BCUT2D eigenvalue weighted by molar-refractivity contribution is 7.92. The van der Waals surface area contributed by atoms with Crippen molar-refractivity contribution < 1.29 is 26.4 Å². The number of carbonyl (C=O) groups is 1. The first-order valence-electron chi connectivity index (χ1n) is 11.6. The Morgan fingerprint density at radius 1 is 0.921 bits per heavy atom. The number of carbonyl (C=O) groups excluding carboxylic acids is 1. The molecule has 2 N–H and O–H groups in total. The standard InChI is InChI=1S/C26H30ClN3O6S2/c1-17-14-18(2)26(19(3)15-17)29-25(31)12-13-28-37(32,33)22-10-11-24(36-5)23(16-22)30(4)38(34,35)21-8-6-20(27)7-9-21/h6-11,14-16,28H,12-13H2,1-5H3,(H,29,31). The number of halogens is 1. The van der Waals surface area contributed by atoms with Crippen LogP contribution in [0.4, 0.5) is 11.4 Å². The number of anilines is 2. The number of rotatable bonds is 10. The van der Waals surface area contributed by atoms with Crippen LogP contribution in [0.1, 0.15) is 23.1 Å². The lowest BCUT2D eigenvalue weighted by Crippen LogP contribution is -2.29. The van der Waals surface area contributed by atoms with Crippen molar-refractivity contribution in [2.45, 2.75) is 37.0 Å². The lowest BCUT2D eigenvalue weighted by Gasteiger charge is -2.22. The molecule has 1 amide bonds. The molecular weight excluding hydrogens is 550 g/mol. The molecule has 3 aromatic carbocycles. The van der Waals surface area contributed by atoms with Crippen LogP contribution in [0.25, 0.3) is 0 Å². The molecule has 0 radical (unpaired) electrons. The zero-order chi connectivity index (χ0) is 28.3. The van der Waals surface area contributed by atoms with Crippen LogP contribution in [0.2, 0.25) is 5.02 Å². The first kappa shape index (κ1) is 29.4. The Morgan fingerprint density at radius 2 is 1.50 bits per heavy atom. The summed E-state index contributed by atoms with van der Waals surface area (Å²) in [6, 6.07) is 13.4. The molecule has 0 unspecified atom stereocenters. The molecule has 3 rings (SSSR count). The highest BCUT2D eigenvalue weighted by Crippen LogP contribution is 2.34. The summed E-state index contributed by atoms with van der Waals surface area (Å²) in [5.74, 6) is -0.181. The van der Waals surface area contributed by atoms with Crippen molar-refractivity contribution in [3.63, 3.8) is 0 Å². The Morgan fingerprint density at radius 3 is 2.08 bits per heavy atom. The number of nitrogens with zero attached hydrogens (tertiary/aromatic N) is 1. The molecule has 0 heterocycles. The number of nitrogens with one attached hydrogen (secondary N) is 2. The van der Waals surface area contributed by atoms with E-state index in [4.69, 9.17) is 16.3 Å². The molecule has 0 aliphatic rings. The van der Waals surface area contributed by atoms with E-state index in [1.807, 2.05) is 32.9 Å². The molecular formula is C26H30ClN3O6S2. The molecule has 0 bridgehead atoms. The summed E-state index contributed by atoms with van der Waals surface area (Å²) in [4.78, 5) is 12.3. The van der Waals surface area contributed by atoms with Crippen molar-refractivity contribution >= 4 is 48.9 Å². The minimum Gasteiger partial charge on any atom is -0.495 e. The van der Waals surface area contributed by atoms with Crippen LogP contribution < -0.4 is 19.1 Å². The smallest absolute Gasteiger partial charge is 0.264 e. The van der Waals surface area contributed by atoms with Gasteiger partial charge in [-0.05, 0) is 74.4 Å². The maximum absolute atomic E-state index is 13.2. The van der Waals surface area contributed by atoms with E-state index in [1.54, 1.807) is 0 Å². The highest BCUT2D eigenvalue weighted by Gasteiger charge is 2.26. The van der Waals surface area contributed by atoms with E-state index in [2.05, 4.69) is 10.0 Å². The second kappa shape index (κ2) is 11.7. The van der Waals surface area contributed by atoms with Crippen LogP contribution in [0.3, 0.4) is 0 Å². The zero-order valence-electron chi connectivity index (χ0n) is 21.7. The average Bonchev–Trinajstić information content (AvgIpc) is 2.85. The molecule has 0 aliphatic carbocycles. The minimum atomic E-state index is -4.07. The predicted octanol–water partition coefficient (Wildman–Crippen LogP) is 4.41. The van der Waals surface area contributed by atoms with Gasteiger partial charge in [0.15, 0.2) is 0 Å². The van der Waals surface area contributed by atoms with E-state index < -0.39 is 20.0 Å². The number of sulfonamides is 2. The van der Waals surface area contributed by atoms with Gasteiger partial charge in [0.2, 0.25) is 15.9 Å². The van der Waals surface area contributed by atoms with Crippen molar-refractivity contribution in [1.29, 1.82) is 0 Å². The second-order valence-corrected chi connectivity index (χ2v) is 12.9. The van der Waals surface area contributed by atoms with Crippen molar-refractivity contribution in [2.24, 2.45) is 0 Å². The monoisotopic (exact) mass is 579 g/mol. The molecule has 0 atom stereocenters. The number of methoxy groups -OCH3 is 1. The van der Waals surface area contributed by atoms with Gasteiger partial charge in [-0.3, -0.25) is 9.10 Å². The van der Waals surface area contributed by atoms with Gasteiger partial charge < -0.3 is 10.1 Å². The Hall–Kier alpha value is -3.12. The molecule has 0 aromatic heterocycles. The first-order valence-corrected chi connectivity index (χ1v) is 14.9. The van der Waals surface area contributed by atoms with E-state index in [9.17, 15) is 21.6 Å². The van der Waals surface area contributed by atoms with Crippen molar-refractivity contribution in [2.75, 3.05) is 30.3 Å². The van der Waals surface area contributed by atoms with Gasteiger partial charge in [0.1, 0.15) is 5.75 Å². The summed E-state index contributed by atoms with van der Waals surface area (Å²) in [5, 5.41) is 3.21. The molecule has 0 saturated heterocycles. The summed E-state index contributed by atoms with van der Waals surface area (Å²) in [5.41, 5.74) is 3.64. The SMILES string of the molecule is COc1ccc(S(=O)(=O)NCCC(=O)Nc2c(C)cc(C)cc2C)cc1N(C)S(=O)(=O)c1ccc(Cl)cc1. The number of ether oxygens (including phenoxy) is 1. The van der Waals surface area contributed by atoms with Crippen LogP contribution in [-0.2, 0) is 24.8 Å². The van der Waals surface area contributed by atoms with E-state index in [1.165, 1.54) is 56.6 Å². The molecule has 12 heteroatoms. The summed E-state index contributed by atoms with van der Waals surface area (Å²) < 4.78 is 60.9. The van der Waals surface area contributed by atoms with Crippen LogP contribution in [0, 0.1) is 20.8 Å². The molecule has 38 heavy (non-hydrogen) atoms. The number of aryl methyl sites for hydroxylation is 3. The van der Waals surface area contributed by atoms with Crippen molar-refractivity contribution in [1.82, 2.24) is 4.72 Å². The normalized spacial score (nSPS) is 11.7. The fourth-order valence-electron chi connectivity index (χ4n) is 3.94. The van der Waals surface area contributed by atoms with Gasteiger partial charge >= 0.3 is 0 Å². The van der Waals surface area contributed by atoms with Gasteiger partial charge in [0.05, 0.1) is 22.6 Å². The molecule has 9 nitrogen and oxygen atoms in total. The lowest BCUT2D eigenvalue weighted by atomic mass is 10.1. The Kier molecular flexibility index (Phi) is 9.09. The Bertz CT molecular complexity index is 1530. The van der Waals surface area contributed by atoms with E-state index in [0.29, 0.717) is 10.7 Å². The predicted molar refractivity (Wildman–Crippen MR) is 149 cm³/mol. The van der Waals surface area contributed by atoms with Crippen LogP contribution in [0.5, 0.6) is 5.75 Å². The molecule has 0 saturated carbocycles. The van der Waals surface area contributed by atoms with Gasteiger partial charge in [-0.1, -0.05) is 29.3 Å². The zero-order valence-corrected chi connectivity index (χ0v) is 24.1. The number of hydrogen-bond donors (Lipinski definition) is 2. The Labute approximate surface area is 228 Å². The fourth-order valence-corrected chi connectivity index (χ4v) is 6.31. The first-order chi connectivity index (χ1) is 17.8. The Balaban J connectivity index is 1.76. The van der Waals surface area contributed by atoms with Crippen LogP contribution in [0.15, 0.2) is 64.4 Å². The second-order valence-electron chi connectivity index (χ2n) is 8.73. The van der Waals surface area contributed by atoms with Gasteiger partial charge in [0.25, 0.3) is 10.0 Å².